The van der Waals surface area contributed by atoms with Gasteiger partial charge in [-0.3, -0.25) is 4.79 Å². The Kier molecular flexibility index (Phi) is 10.6. The Morgan fingerprint density at radius 2 is 1.84 bits per heavy atom. The summed E-state index contributed by atoms with van der Waals surface area (Å²) in [5, 5.41) is 16.1. The fraction of sp³-hybridized carbons (Fsp3) is 0.353. The monoisotopic (exact) mass is 581 g/mol. The van der Waals surface area contributed by atoms with Crippen molar-refractivity contribution in [1.82, 2.24) is 5.32 Å². The Bertz CT molecular complexity index is 1470. The maximum Gasteiger partial charge on any atom is 0.252 e. The highest BCUT2D eigenvalue weighted by atomic mass is 16.5. The van der Waals surface area contributed by atoms with Crippen LogP contribution >= 0.6 is 0 Å². The Morgan fingerprint density at radius 1 is 1.12 bits per heavy atom. The zero-order valence-electron chi connectivity index (χ0n) is 24.9. The first-order chi connectivity index (χ1) is 20.8. The van der Waals surface area contributed by atoms with E-state index in [2.05, 4.69) is 36.1 Å². The van der Waals surface area contributed by atoms with Crippen LogP contribution in [0.2, 0.25) is 0 Å². The summed E-state index contributed by atoms with van der Waals surface area (Å²) in [5.74, 6) is 0.689. The van der Waals surface area contributed by atoms with Crippen molar-refractivity contribution in [2.24, 2.45) is 15.5 Å². The molecule has 1 aliphatic rings. The van der Waals surface area contributed by atoms with E-state index in [0.29, 0.717) is 48.0 Å². The first kappa shape index (κ1) is 31.3. The maximum absolute atomic E-state index is 14.3. The van der Waals surface area contributed by atoms with Gasteiger partial charge in [-0.25, -0.2) is 4.99 Å². The van der Waals surface area contributed by atoms with E-state index in [-0.39, 0.29) is 24.3 Å². The number of rotatable bonds is 13. The van der Waals surface area contributed by atoms with Crippen LogP contribution < -0.4 is 10.1 Å². The van der Waals surface area contributed by atoms with Gasteiger partial charge in [-0.2, -0.15) is 0 Å². The molecular weight excluding hydrogens is 542 g/mol. The molecule has 1 amide bonds. The van der Waals surface area contributed by atoms with Crippen LogP contribution in [0.4, 0.5) is 5.69 Å². The number of hydrogen-bond acceptors (Lipinski definition) is 6. The summed E-state index contributed by atoms with van der Waals surface area (Å²) in [6.07, 6.45) is 4.60. The minimum absolute atomic E-state index is 0.0305. The molecule has 1 heterocycles. The summed E-state index contributed by atoms with van der Waals surface area (Å²) in [5.41, 5.74) is 10.6. The number of nitrogens with one attached hydrogen (secondary N) is 1. The number of azide groups is 1. The van der Waals surface area contributed by atoms with E-state index in [0.717, 1.165) is 12.0 Å². The lowest BCUT2D eigenvalue weighted by molar-refractivity contribution is -0.128. The van der Waals surface area contributed by atoms with Gasteiger partial charge in [0.15, 0.2) is 11.6 Å². The molecule has 0 bridgehead atoms. The van der Waals surface area contributed by atoms with Crippen LogP contribution in [0.25, 0.3) is 16.5 Å². The smallest absolute Gasteiger partial charge is 0.252 e. The summed E-state index contributed by atoms with van der Waals surface area (Å²) in [4.78, 5) is 22.3. The second-order valence-electron chi connectivity index (χ2n) is 11.6. The van der Waals surface area contributed by atoms with Gasteiger partial charge in [-0.05, 0) is 47.2 Å². The van der Waals surface area contributed by atoms with Gasteiger partial charge >= 0.3 is 0 Å². The number of ether oxygens (including phenoxy) is 2. The fourth-order valence-electron chi connectivity index (χ4n) is 4.78. The zero-order valence-corrected chi connectivity index (χ0v) is 24.9. The molecular formula is C34H39N5O4. The van der Waals surface area contributed by atoms with Crippen LogP contribution in [0.1, 0.15) is 62.8 Å². The van der Waals surface area contributed by atoms with E-state index in [1.165, 1.54) is 0 Å². The summed E-state index contributed by atoms with van der Waals surface area (Å²) >= 11 is 0. The second kappa shape index (κ2) is 14.5. The van der Waals surface area contributed by atoms with Crippen LogP contribution in [0, 0.1) is 5.41 Å². The fourth-order valence-corrected chi connectivity index (χ4v) is 4.78. The minimum Gasteiger partial charge on any atom is -0.494 e. The number of benzene rings is 3. The maximum atomic E-state index is 14.3. The minimum atomic E-state index is -1.38. The number of aliphatic hydroxyl groups excluding tert-OH is 1. The van der Waals surface area contributed by atoms with Gasteiger partial charge in [-0.1, -0.05) is 92.6 Å². The molecule has 0 radical (unpaired) electrons. The highest BCUT2D eigenvalue weighted by Crippen LogP contribution is 2.45. The summed E-state index contributed by atoms with van der Waals surface area (Å²) in [6, 6.07) is 24.2. The lowest BCUT2D eigenvalue weighted by Crippen LogP contribution is -2.48. The Balaban J connectivity index is 1.78. The molecule has 3 aromatic carbocycles. The van der Waals surface area contributed by atoms with Crippen molar-refractivity contribution in [3.63, 3.8) is 0 Å². The SMILES string of the molecule is CC(C)(C)CCNC(=O)[C@]1(C/C=C/c2ccccc2)N=C(c2ccc(OCCCO)cc2)O[C@@H]1c1ccccc1N=[N+]=[N-]. The molecule has 2 N–H and O–H groups in total. The molecule has 0 saturated carbocycles. The average Bonchev–Trinajstić information content (AvgIpc) is 3.38. The highest BCUT2D eigenvalue weighted by Gasteiger charge is 2.53. The van der Waals surface area contributed by atoms with Crippen LogP contribution in [0.3, 0.4) is 0 Å². The standard InChI is InChI=1S/C34H39N5O4/c1-33(2,3)21-22-36-32(41)34(20-9-13-25-11-5-4-6-12-25)30(28-14-7-8-15-29(28)38-39-35)43-31(37-34)26-16-18-27(19-17-26)42-24-10-23-40/h4-9,11-19,30,40H,10,20-24H2,1-3H3,(H,36,41)/b13-9+/t30-,34-/m1/s1. The average molecular weight is 582 g/mol. The number of amides is 1. The first-order valence-corrected chi connectivity index (χ1v) is 14.5. The lowest BCUT2D eigenvalue weighted by Gasteiger charge is -2.31. The summed E-state index contributed by atoms with van der Waals surface area (Å²) in [6.45, 7) is 7.31. The lowest BCUT2D eigenvalue weighted by atomic mass is 9.83. The topological polar surface area (TPSA) is 129 Å². The predicted molar refractivity (Wildman–Crippen MR) is 169 cm³/mol. The molecule has 4 rings (SSSR count). The third-order valence-electron chi connectivity index (χ3n) is 7.10. The summed E-state index contributed by atoms with van der Waals surface area (Å²) in [7, 11) is 0. The van der Waals surface area contributed by atoms with Crippen molar-refractivity contribution < 1.29 is 19.4 Å². The second-order valence-corrected chi connectivity index (χ2v) is 11.6. The van der Waals surface area contributed by atoms with Crippen molar-refractivity contribution in [3.05, 3.63) is 112 Å². The van der Waals surface area contributed by atoms with Gasteiger partial charge in [0.25, 0.3) is 5.91 Å². The zero-order chi connectivity index (χ0) is 30.7. The predicted octanol–water partition coefficient (Wildman–Crippen LogP) is 7.30. The molecule has 43 heavy (non-hydrogen) atoms. The van der Waals surface area contributed by atoms with Gasteiger partial charge in [0, 0.05) is 47.7 Å². The Hall–Kier alpha value is -4.59. The third-order valence-corrected chi connectivity index (χ3v) is 7.10. The largest absolute Gasteiger partial charge is 0.494 e. The van der Waals surface area contributed by atoms with E-state index < -0.39 is 11.6 Å². The van der Waals surface area contributed by atoms with Crippen LogP contribution in [0.5, 0.6) is 5.75 Å². The molecule has 9 nitrogen and oxygen atoms in total. The van der Waals surface area contributed by atoms with Crippen LogP contribution in [0.15, 0.2) is 95.0 Å². The number of aliphatic hydroxyl groups is 1. The van der Waals surface area contributed by atoms with E-state index in [1.807, 2.05) is 66.7 Å². The summed E-state index contributed by atoms with van der Waals surface area (Å²) < 4.78 is 12.2. The number of nitrogens with zero attached hydrogens (tertiary/aromatic N) is 4. The third kappa shape index (κ3) is 8.25. The Labute approximate surface area is 252 Å². The molecule has 0 unspecified atom stereocenters. The first-order valence-electron chi connectivity index (χ1n) is 14.5. The van der Waals surface area contributed by atoms with Gasteiger partial charge in [0.1, 0.15) is 5.75 Å². The Morgan fingerprint density at radius 3 is 2.53 bits per heavy atom. The van der Waals surface area contributed by atoms with Gasteiger partial charge in [0.2, 0.25) is 5.90 Å². The van der Waals surface area contributed by atoms with Crippen molar-refractivity contribution in [1.29, 1.82) is 0 Å². The molecule has 2 atom stereocenters. The van der Waals surface area contributed by atoms with E-state index in [9.17, 15) is 10.3 Å². The molecule has 224 valence electrons. The van der Waals surface area contributed by atoms with Crippen molar-refractivity contribution in [3.8, 4) is 5.75 Å². The van der Waals surface area contributed by atoms with Crippen molar-refractivity contribution in [2.75, 3.05) is 19.8 Å². The normalized spacial score (nSPS) is 18.0. The molecule has 0 aliphatic carbocycles. The number of carbonyl (C=O) groups is 1. The molecule has 9 heteroatoms. The van der Waals surface area contributed by atoms with Crippen molar-refractivity contribution >= 4 is 23.6 Å². The molecule has 0 saturated heterocycles. The molecule has 3 aromatic rings. The van der Waals surface area contributed by atoms with Gasteiger partial charge in [-0.15, -0.1) is 0 Å². The van der Waals surface area contributed by atoms with Crippen LogP contribution in [-0.2, 0) is 9.53 Å². The number of aliphatic imine (C=N–C) groups is 1. The molecule has 0 fully saturated rings. The van der Waals surface area contributed by atoms with E-state index >= 15 is 0 Å². The van der Waals surface area contributed by atoms with E-state index in [1.54, 1.807) is 24.3 Å². The number of hydrogen-bond donors (Lipinski definition) is 2. The highest BCUT2D eigenvalue weighted by molar-refractivity contribution is 6.01. The molecule has 0 aromatic heterocycles. The van der Waals surface area contributed by atoms with Gasteiger partial charge in [0.05, 0.1) is 6.61 Å². The van der Waals surface area contributed by atoms with Gasteiger partial charge < -0.3 is 19.9 Å². The van der Waals surface area contributed by atoms with Crippen LogP contribution in [-0.4, -0.2) is 42.2 Å². The quantitative estimate of drug-likeness (QED) is 0.0949. The van der Waals surface area contributed by atoms with Crippen molar-refractivity contribution in [2.45, 2.75) is 51.7 Å². The molecule has 1 aliphatic heterocycles. The van der Waals surface area contributed by atoms with E-state index in [4.69, 9.17) is 19.6 Å². The molecule has 0 spiro atoms. The number of carbonyl (C=O) groups excluding carboxylic acids is 1.